The maximum absolute atomic E-state index is 5.79. The van der Waals surface area contributed by atoms with E-state index in [0.29, 0.717) is 6.61 Å². The summed E-state index contributed by atoms with van der Waals surface area (Å²) in [6.07, 6.45) is 0. The number of anilines is 1. The summed E-state index contributed by atoms with van der Waals surface area (Å²) in [5.74, 6) is 0.859. The van der Waals surface area contributed by atoms with E-state index in [1.807, 2.05) is 55.5 Å². The number of nitrogens with one attached hydrogen (secondary N) is 1. The highest BCUT2D eigenvalue weighted by atomic mass is 32.1. The highest BCUT2D eigenvalue weighted by Gasteiger charge is 2.02. The summed E-state index contributed by atoms with van der Waals surface area (Å²) in [6.45, 7) is 2.55. The van der Waals surface area contributed by atoms with Gasteiger partial charge in [-0.15, -0.1) is 0 Å². The average Bonchev–Trinajstić information content (AvgIpc) is 2.38. The van der Waals surface area contributed by atoms with E-state index in [0.717, 1.165) is 22.6 Å². The topological polar surface area (TPSA) is 47.3 Å². The quantitative estimate of drug-likeness (QED) is 0.839. The molecular formula is C15H16N2OS. The van der Waals surface area contributed by atoms with Gasteiger partial charge < -0.3 is 15.8 Å². The fourth-order valence-corrected chi connectivity index (χ4v) is 1.88. The third-order valence-corrected chi connectivity index (χ3v) is 2.78. The first-order chi connectivity index (χ1) is 9.15. The Bertz CT molecular complexity index is 570. The fourth-order valence-electron chi connectivity index (χ4n) is 1.77. The van der Waals surface area contributed by atoms with Gasteiger partial charge in [-0.3, -0.25) is 0 Å². The van der Waals surface area contributed by atoms with Crippen LogP contribution in [0.3, 0.4) is 0 Å². The summed E-state index contributed by atoms with van der Waals surface area (Å²) in [5.41, 5.74) is 8.49. The van der Waals surface area contributed by atoms with Crippen molar-refractivity contribution in [3.63, 3.8) is 0 Å². The molecule has 0 atom stereocenters. The fraction of sp³-hybridized carbons (Fsp3) is 0.133. The minimum atomic E-state index is 0.261. The number of benzene rings is 2. The summed E-state index contributed by atoms with van der Waals surface area (Å²) < 4.78 is 5.79. The molecular weight excluding hydrogens is 256 g/mol. The summed E-state index contributed by atoms with van der Waals surface area (Å²) in [7, 11) is 0. The SMILES string of the molecule is Cc1cc(NC(N)=S)ccc1OCc1ccccc1. The second-order valence-electron chi connectivity index (χ2n) is 4.24. The molecule has 0 heterocycles. The molecule has 98 valence electrons. The van der Waals surface area contributed by atoms with Crippen LogP contribution < -0.4 is 15.8 Å². The molecule has 19 heavy (non-hydrogen) atoms. The van der Waals surface area contributed by atoms with E-state index in [1.165, 1.54) is 0 Å². The third-order valence-electron chi connectivity index (χ3n) is 2.68. The van der Waals surface area contributed by atoms with E-state index < -0.39 is 0 Å². The first-order valence-corrected chi connectivity index (χ1v) is 6.40. The van der Waals surface area contributed by atoms with Crippen molar-refractivity contribution >= 4 is 23.0 Å². The van der Waals surface area contributed by atoms with E-state index >= 15 is 0 Å². The monoisotopic (exact) mass is 272 g/mol. The Morgan fingerprint density at radius 2 is 1.95 bits per heavy atom. The Morgan fingerprint density at radius 3 is 2.58 bits per heavy atom. The zero-order valence-corrected chi connectivity index (χ0v) is 11.5. The molecule has 3 N–H and O–H groups in total. The molecule has 4 heteroatoms. The summed E-state index contributed by atoms with van der Waals surface area (Å²) >= 11 is 4.80. The molecule has 0 saturated carbocycles. The smallest absolute Gasteiger partial charge is 0.168 e. The van der Waals surface area contributed by atoms with Gasteiger partial charge >= 0.3 is 0 Å². The molecule has 0 amide bonds. The van der Waals surface area contributed by atoms with Crippen molar-refractivity contribution < 1.29 is 4.74 Å². The highest BCUT2D eigenvalue weighted by molar-refractivity contribution is 7.80. The van der Waals surface area contributed by atoms with Gasteiger partial charge in [0.25, 0.3) is 0 Å². The highest BCUT2D eigenvalue weighted by Crippen LogP contribution is 2.22. The van der Waals surface area contributed by atoms with Gasteiger partial charge in [0.1, 0.15) is 12.4 Å². The largest absolute Gasteiger partial charge is 0.489 e. The van der Waals surface area contributed by atoms with Crippen LogP contribution in [0.15, 0.2) is 48.5 Å². The van der Waals surface area contributed by atoms with Crippen molar-refractivity contribution in [3.8, 4) is 5.75 Å². The Balaban J connectivity index is 2.03. The second kappa shape index (κ2) is 6.20. The van der Waals surface area contributed by atoms with E-state index in [9.17, 15) is 0 Å². The minimum Gasteiger partial charge on any atom is -0.489 e. The average molecular weight is 272 g/mol. The lowest BCUT2D eigenvalue weighted by Gasteiger charge is -2.11. The molecule has 0 radical (unpaired) electrons. The third kappa shape index (κ3) is 3.96. The number of aryl methyl sites for hydroxylation is 1. The van der Waals surface area contributed by atoms with Crippen LogP contribution in [0.4, 0.5) is 5.69 Å². The van der Waals surface area contributed by atoms with Crippen LogP contribution >= 0.6 is 12.2 Å². The molecule has 0 saturated heterocycles. The second-order valence-corrected chi connectivity index (χ2v) is 4.68. The zero-order valence-electron chi connectivity index (χ0n) is 10.7. The first kappa shape index (κ1) is 13.4. The maximum Gasteiger partial charge on any atom is 0.168 e. The van der Waals surface area contributed by atoms with E-state index in [2.05, 4.69) is 5.32 Å². The van der Waals surface area contributed by atoms with Crippen LogP contribution in [0.1, 0.15) is 11.1 Å². The van der Waals surface area contributed by atoms with Crippen molar-refractivity contribution in [2.75, 3.05) is 5.32 Å². The normalized spacial score (nSPS) is 9.95. The molecule has 2 rings (SSSR count). The predicted molar refractivity (Wildman–Crippen MR) is 82.4 cm³/mol. The molecule has 2 aromatic carbocycles. The molecule has 0 aromatic heterocycles. The number of hydrogen-bond acceptors (Lipinski definition) is 2. The Kier molecular flexibility index (Phi) is 4.36. The number of nitrogens with two attached hydrogens (primary N) is 1. The van der Waals surface area contributed by atoms with Gasteiger partial charge in [0, 0.05) is 5.69 Å². The Hall–Kier alpha value is -2.07. The molecule has 0 spiro atoms. The number of rotatable bonds is 4. The van der Waals surface area contributed by atoms with Crippen molar-refractivity contribution in [3.05, 3.63) is 59.7 Å². The van der Waals surface area contributed by atoms with Crippen LogP contribution in [0.25, 0.3) is 0 Å². The molecule has 0 bridgehead atoms. The first-order valence-electron chi connectivity index (χ1n) is 5.99. The van der Waals surface area contributed by atoms with Crippen LogP contribution in [0, 0.1) is 6.92 Å². The lowest BCUT2D eigenvalue weighted by atomic mass is 10.2. The van der Waals surface area contributed by atoms with Crippen molar-refractivity contribution in [1.29, 1.82) is 0 Å². The van der Waals surface area contributed by atoms with Gasteiger partial charge in [-0.1, -0.05) is 30.3 Å². The summed E-state index contributed by atoms with van der Waals surface area (Å²) in [6, 6.07) is 15.8. The van der Waals surface area contributed by atoms with Crippen molar-refractivity contribution in [2.24, 2.45) is 5.73 Å². The summed E-state index contributed by atoms with van der Waals surface area (Å²) in [4.78, 5) is 0. The van der Waals surface area contributed by atoms with Crippen LogP contribution in [0.5, 0.6) is 5.75 Å². The maximum atomic E-state index is 5.79. The molecule has 0 aliphatic carbocycles. The molecule has 0 unspecified atom stereocenters. The van der Waals surface area contributed by atoms with Crippen LogP contribution in [-0.4, -0.2) is 5.11 Å². The van der Waals surface area contributed by atoms with E-state index in [4.69, 9.17) is 22.7 Å². The van der Waals surface area contributed by atoms with E-state index in [1.54, 1.807) is 0 Å². The zero-order chi connectivity index (χ0) is 13.7. The molecule has 0 aliphatic rings. The van der Waals surface area contributed by atoms with Gasteiger partial charge in [-0.25, -0.2) is 0 Å². The molecule has 2 aromatic rings. The van der Waals surface area contributed by atoms with Crippen LogP contribution in [-0.2, 0) is 6.61 Å². The number of thiocarbonyl (C=S) groups is 1. The predicted octanol–water partition coefficient (Wildman–Crippen LogP) is 3.23. The molecule has 3 nitrogen and oxygen atoms in total. The summed E-state index contributed by atoms with van der Waals surface area (Å²) in [5, 5.41) is 3.16. The minimum absolute atomic E-state index is 0.261. The number of ether oxygens (including phenoxy) is 1. The lowest BCUT2D eigenvalue weighted by molar-refractivity contribution is 0.304. The van der Waals surface area contributed by atoms with Crippen molar-refractivity contribution in [1.82, 2.24) is 0 Å². The lowest BCUT2D eigenvalue weighted by Crippen LogP contribution is -2.18. The van der Waals surface area contributed by atoms with Crippen molar-refractivity contribution in [2.45, 2.75) is 13.5 Å². The standard InChI is InChI=1S/C15H16N2OS/c1-11-9-13(17-15(16)19)7-8-14(11)18-10-12-5-3-2-4-6-12/h2-9H,10H2,1H3,(H3,16,17,19). The van der Waals surface area contributed by atoms with Gasteiger partial charge in [0.2, 0.25) is 0 Å². The molecule has 0 fully saturated rings. The van der Waals surface area contributed by atoms with Gasteiger partial charge in [0.15, 0.2) is 5.11 Å². The van der Waals surface area contributed by atoms with Crippen LogP contribution in [0.2, 0.25) is 0 Å². The van der Waals surface area contributed by atoms with Gasteiger partial charge in [0.05, 0.1) is 0 Å². The molecule has 0 aliphatic heterocycles. The number of hydrogen-bond donors (Lipinski definition) is 2. The Labute approximate surface area is 118 Å². The van der Waals surface area contributed by atoms with E-state index in [-0.39, 0.29) is 5.11 Å². The van der Waals surface area contributed by atoms with Gasteiger partial charge in [-0.2, -0.15) is 0 Å². The Morgan fingerprint density at radius 1 is 1.21 bits per heavy atom. The van der Waals surface area contributed by atoms with Gasteiger partial charge in [-0.05, 0) is 48.5 Å².